The number of hydrogen-bond donors (Lipinski definition) is 2. The highest BCUT2D eigenvalue weighted by atomic mass is 32.2. The summed E-state index contributed by atoms with van der Waals surface area (Å²) in [5.74, 6) is 0.511. The number of benzene rings is 1. The van der Waals surface area contributed by atoms with Crippen LogP contribution < -0.4 is 14.8 Å². The summed E-state index contributed by atoms with van der Waals surface area (Å²) in [5.41, 5.74) is 2.68. The summed E-state index contributed by atoms with van der Waals surface area (Å²) < 4.78 is 29.9. The molecule has 0 fully saturated rings. The molecule has 1 aromatic carbocycles. The van der Waals surface area contributed by atoms with Crippen molar-refractivity contribution in [2.75, 3.05) is 19.3 Å². The Labute approximate surface area is 137 Å². The van der Waals surface area contributed by atoms with Gasteiger partial charge in [0, 0.05) is 13.1 Å². The minimum atomic E-state index is -3.17. The average molecular weight is 340 g/mol. The maximum atomic E-state index is 12.0. The fourth-order valence-corrected chi connectivity index (χ4v) is 3.10. The van der Waals surface area contributed by atoms with Gasteiger partial charge in [-0.2, -0.15) is 0 Å². The van der Waals surface area contributed by atoms with Gasteiger partial charge in [0.1, 0.15) is 5.75 Å². The fourth-order valence-electron chi connectivity index (χ4n) is 2.58. The van der Waals surface area contributed by atoms with Crippen LogP contribution in [0.25, 0.3) is 0 Å². The molecule has 1 amide bonds. The van der Waals surface area contributed by atoms with Gasteiger partial charge >= 0.3 is 0 Å². The Balaban J connectivity index is 1.72. The standard InChI is InChI=1S/C16H24N2O4S/c1-12(16(19)17-9-4-10-18-23(2,20)21)22-15-8-7-13-5-3-6-14(13)11-15/h7-8,11-12,18H,3-6,9-10H2,1-2H3,(H,17,19). The Bertz CT molecular complexity index is 658. The first kappa shape index (κ1) is 17.7. The number of amides is 1. The smallest absolute Gasteiger partial charge is 0.260 e. The van der Waals surface area contributed by atoms with Crippen LogP contribution in [0.4, 0.5) is 0 Å². The molecule has 1 unspecified atom stereocenters. The highest BCUT2D eigenvalue weighted by Crippen LogP contribution is 2.26. The van der Waals surface area contributed by atoms with Gasteiger partial charge in [0.15, 0.2) is 6.10 Å². The number of nitrogens with one attached hydrogen (secondary N) is 2. The van der Waals surface area contributed by atoms with E-state index in [9.17, 15) is 13.2 Å². The van der Waals surface area contributed by atoms with E-state index >= 15 is 0 Å². The molecule has 0 aliphatic heterocycles. The van der Waals surface area contributed by atoms with Crippen LogP contribution in [0.15, 0.2) is 18.2 Å². The number of carbonyl (C=O) groups excluding carboxylic acids is 1. The van der Waals surface area contributed by atoms with Crippen molar-refractivity contribution < 1.29 is 17.9 Å². The number of hydrogen-bond acceptors (Lipinski definition) is 4. The van der Waals surface area contributed by atoms with E-state index in [4.69, 9.17) is 4.74 Å². The molecule has 0 bridgehead atoms. The van der Waals surface area contributed by atoms with Crippen LogP contribution in [0, 0.1) is 0 Å². The Hall–Kier alpha value is -1.60. The number of sulfonamides is 1. The predicted molar refractivity (Wildman–Crippen MR) is 89.0 cm³/mol. The lowest BCUT2D eigenvalue weighted by Crippen LogP contribution is -2.37. The van der Waals surface area contributed by atoms with E-state index < -0.39 is 16.1 Å². The number of ether oxygens (including phenoxy) is 1. The van der Waals surface area contributed by atoms with Crippen molar-refractivity contribution in [3.63, 3.8) is 0 Å². The summed E-state index contributed by atoms with van der Waals surface area (Å²) in [5, 5.41) is 2.74. The topological polar surface area (TPSA) is 84.5 Å². The van der Waals surface area contributed by atoms with Crippen molar-refractivity contribution in [2.24, 2.45) is 0 Å². The average Bonchev–Trinajstić information content (AvgIpc) is 2.93. The van der Waals surface area contributed by atoms with Gasteiger partial charge in [-0.25, -0.2) is 13.1 Å². The van der Waals surface area contributed by atoms with Crippen LogP contribution in [-0.4, -0.2) is 39.8 Å². The molecule has 0 saturated carbocycles. The van der Waals surface area contributed by atoms with Crippen molar-refractivity contribution in [1.82, 2.24) is 10.0 Å². The van der Waals surface area contributed by atoms with E-state index in [1.165, 1.54) is 17.5 Å². The van der Waals surface area contributed by atoms with E-state index in [0.717, 1.165) is 19.1 Å². The zero-order chi connectivity index (χ0) is 16.9. The maximum Gasteiger partial charge on any atom is 0.260 e. The van der Waals surface area contributed by atoms with Crippen LogP contribution in [0.5, 0.6) is 5.75 Å². The van der Waals surface area contributed by atoms with Crippen LogP contribution in [0.3, 0.4) is 0 Å². The van der Waals surface area contributed by atoms with Crippen LogP contribution in [0.2, 0.25) is 0 Å². The van der Waals surface area contributed by atoms with E-state index in [1.807, 2.05) is 12.1 Å². The summed E-state index contributed by atoms with van der Waals surface area (Å²) in [6.45, 7) is 2.41. The molecular formula is C16H24N2O4S. The molecule has 1 aliphatic rings. The summed E-state index contributed by atoms with van der Waals surface area (Å²) in [7, 11) is -3.17. The summed E-state index contributed by atoms with van der Waals surface area (Å²) in [4.78, 5) is 12.0. The van der Waals surface area contributed by atoms with E-state index in [0.29, 0.717) is 25.3 Å². The third-order valence-corrected chi connectivity index (χ3v) is 4.50. The van der Waals surface area contributed by atoms with Gasteiger partial charge < -0.3 is 10.1 Å². The predicted octanol–water partition coefficient (Wildman–Crippen LogP) is 0.998. The fraction of sp³-hybridized carbons (Fsp3) is 0.562. The number of fused-ring (bicyclic) bond motifs is 1. The highest BCUT2D eigenvalue weighted by Gasteiger charge is 2.16. The summed E-state index contributed by atoms with van der Waals surface area (Å²) >= 11 is 0. The molecule has 1 aliphatic carbocycles. The first-order valence-electron chi connectivity index (χ1n) is 7.86. The van der Waals surface area contributed by atoms with Crippen molar-refractivity contribution in [3.05, 3.63) is 29.3 Å². The van der Waals surface area contributed by atoms with Crippen LogP contribution in [-0.2, 0) is 27.7 Å². The number of rotatable bonds is 8. The summed E-state index contributed by atoms with van der Waals surface area (Å²) in [6, 6.07) is 5.99. The molecule has 0 saturated heterocycles. The molecule has 0 radical (unpaired) electrons. The van der Waals surface area contributed by atoms with Crippen molar-refractivity contribution in [3.8, 4) is 5.75 Å². The Morgan fingerprint density at radius 2 is 2.00 bits per heavy atom. The highest BCUT2D eigenvalue weighted by molar-refractivity contribution is 7.88. The second kappa shape index (κ2) is 7.79. The molecule has 23 heavy (non-hydrogen) atoms. The van der Waals surface area contributed by atoms with Gasteiger partial charge in [0.25, 0.3) is 5.91 Å². The van der Waals surface area contributed by atoms with Gasteiger partial charge in [-0.15, -0.1) is 0 Å². The number of carbonyl (C=O) groups is 1. The van der Waals surface area contributed by atoms with Gasteiger partial charge in [-0.05, 0) is 55.9 Å². The Morgan fingerprint density at radius 3 is 2.74 bits per heavy atom. The Morgan fingerprint density at radius 1 is 1.26 bits per heavy atom. The third kappa shape index (κ3) is 5.84. The minimum absolute atomic E-state index is 0.204. The van der Waals surface area contributed by atoms with Gasteiger partial charge in [-0.1, -0.05) is 6.07 Å². The zero-order valence-electron chi connectivity index (χ0n) is 13.6. The number of aryl methyl sites for hydroxylation is 2. The van der Waals surface area contributed by atoms with Crippen molar-refractivity contribution >= 4 is 15.9 Å². The largest absolute Gasteiger partial charge is 0.481 e. The normalized spacial score (nSPS) is 15.0. The third-order valence-electron chi connectivity index (χ3n) is 3.77. The minimum Gasteiger partial charge on any atom is -0.481 e. The van der Waals surface area contributed by atoms with E-state index in [1.54, 1.807) is 6.92 Å². The molecule has 2 N–H and O–H groups in total. The quantitative estimate of drug-likeness (QED) is 0.692. The summed E-state index contributed by atoms with van der Waals surface area (Å²) in [6.07, 6.45) is 4.42. The Kier molecular flexibility index (Phi) is 6.01. The van der Waals surface area contributed by atoms with Gasteiger partial charge in [0.05, 0.1) is 6.26 Å². The molecule has 1 aromatic rings. The SMILES string of the molecule is CC(Oc1ccc2c(c1)CCC2)C(=O)NCCCNS(C)(=O)=O. The maximum absolute atomic E-state index is 12.0. The molecule has 0 heterocycles. The molecule has 0 spiro atoms. The molecule has 7 heteroatoms. The van der Waals surface area contributed by atoms with Crippen molar-refractivity contribution in [1.29, 1.82) is 0 Å². The molecule has 6 nitrogen and oxygen atoms in total. The zero-order valence-corrected chi connectivity index (χ0v) is 14.4. The van der Waals surface area contributed by atoms with Gasteiger partial charge in [-0.3, -0.25) is 4.79 Å². The first-order valence-corrected chi connectivity index (χ1v) is 9.75. The molecule has 0 aromatic heterocycles. The van der Waals surface area contributed by atoms with E-state index in [2.05, 4.69) is 16.1 Å². The molecule has 2 rings (SSSR count). The van der Waals surface area contributed by atoms with Crippen molar-refractivity contribution in [2.45, 2.75) is 38.7 Å². The van der Waals surface area contributed by atoms with Crippen LogP contribution >= 0.6 is 0 Å². The second-order valence-corrected chi connectivity index (χ2v) is 7.69. The lowest BCUT2D eigenvalue weighted by molar-refractivity contribution is -0.127. The first-order chi connectivity index (χ1) is 10.8. The molecule has 128 valence electrons. The lowest BCUT2D eigenvalue weighted by Gasteiger charge is -2.15. The molecule has 1 atom stereocenters. The lowest BCUT2D eigenvalue weighted by atomic mass is 10.1. The molecular weight excluding hydrogens is 316 g/mol. The monoisotopic (exact) mass is 340 g/mol. The van der Waals surface area contributed by atoms with E-state index in [-0.39, 0.29) is 5.91 Å². The van der Waals surface area contributed by atoms with Gasteiger partial charge in [0.2, 0.25) is 10.0 Å². The van der Waals surface area contributed by atoms with Crippen LogP contribution in [0.1, 0.15) is 30.9 Å². The second-order valence-electron chi connectivity index (χ2n) is 5.86.